The zero-order chi connectivity index (χ0) is 19.1. The molecule has 0 aliphatic heterocycles. The van der Waals surface area contributed by atoms with Gasteiger partial charge in [-0.15, -0.1) is 0 Å². The van der Waals surface area contributed by atoms with Gasteiger partial charge in [0.15, 0.2) is 11.6 Å². The first-order valence-corrected chi connectivity index (χ1v) is 9.00. The fraction of sp³-hybridized carbons (Fsp3) is 0. The van der Waals surface area contributed by atoms with Gasteiger partial charge >= 0.3 is 0 Å². The van der Waals surface area contributed by atoms with Gasteiger partial charge in [-0.2, -0.15) is 8.75 Å². The topological polar surface area (TPSA) is 75.7 Å². The van der Waals surface area contributed by atoms with Gasteiger partial charge < -0.3 is 15.0 Å². The van der Waals surface area contributed by atoms with Gasteiger partial charge in [-0.1, -0.05) is 0 Å². The van der Waals surface area contributed by atoms with E-state index < -0.39 is 11.6 Å². The monoisotopic (exact) mass is 395 g/mol. The Morgan fingerprint density at radius 1 is 0.893 bits per heavy atom. The van der Waals surface area contributed by atoms with Crippen LogP contribution in [0.3, 0.4) is 0 Å². The minimum Gasteiger partial charge on any atom is -0.457 e. The number of fused-ring (bicyclic) bond motifs is 2. The lowest BCUT2D eigenvalue weighted by atomic mass is 10.3. The fourth-order valence-electron chi connectivity index (χ4n) is 2.78. The third kappa shape index (κ3) is 3.01. The van der Waals surface area contributed by atoms with Gasteiger partial charge in [0.1, 0.15) is 28.0 Å². The Morgan fingerprint density at radius 3 is 2.54 bits per heavy atom. The predicted octanol–water partition coefficient (Wildman–Crippen LogP) is 5.38. The van der Waals surface area contributed by atoms with Crippen LogP contribution in [0.1, 0.15) is 0 Å². The molecule has 0 atom stereocenters. The highest BCUT2D eigenvalue weighted by molar-refractivity contribution is 7.00. The summed E-state index contributed by atoms with van der Waals surface area (Å²) >= 11 is 1.16. The number of hydrogen-bond acceptors (Lipinski definition) is 6. The number of benzene rings is 3. The molecule has 0 spiro atoms. The number of nitrogens with one attached hydrogen (secondary N) is 2. The summed E-state index contributed by atoms with van der Waals surface area (Å²) in [5.41, 5.74) is 2.70. The number of rotatable bonds is 4. The molecule has 138 valence electrons. The van der Waals surface area contributed by atoms with Gasteiger partial charge in [-0.25, -0.2) is 13.8 Å². The molecule has 0 radical (unpaired) electrons. The minimum atomic E-state index is -0.974. The molecule has 0 aliphatic carbocycles. The van der Waals surface area contributed by atoms with Crippen LogP contribution in [0.15, 0.2) is 54.6 Å². The van der Waals surface area contributed by atoms with Crippen molar-refractivity contribution in [2.24, 2.45) is 0 Å². The summed E-state index contributed by atoms with van der Waals surface area (Å²) in [4.78, 5) is 6.97. The third-order valence-corrected chi connectivity index (χ3v) is 4.68. The summed E-state index contributed by atoms with van der Waals surface area (Å²) in [5, 5.41) is 3.02. The van der Waals surface area contributed by atoms with Crippen LogP contribution in [0.25, 0.3) is 22.1 Å². The van der Waals surface area contributed by atoms with Crippen LogP contribution in [0, 0.1) is 11.6 Å². The van der Waals surface area contributed by atoms with Crippen LogP contribution < -0.4 is 10.1 Å². The molecule has 5 rings (SSSR count). The van der Waals surface area contributed by atoms with E-state index in [-0.39, 0.29) is 5.52 Å². The van der Waals surface area contributed by atoms with Crippen molar-refractivity contribution >= 4 is 45.4 Å². The van der Waals surface area contributed by atoms with Crippen molar-refractivity contribution in [3.8, 4) is 11.5 Å². The lowest BCUT2D eigenvalue weighted by Gasteiger charge is -2.07. The maximum Gasteiger partial charge on any atom is 0.205 e. The minimum absolute atomic E-state index is 0.0469. The van der Waals surface area contributed by atoms with Crippen molar-refractivity contribution in [1.29, 1.82) is 0 Å². The number of halogens is 2. The quantitative estimate of drug-likeness (QED) is 0.427. The normalized spacial score (nSPS) is 11.2. The van der Waals surface area contributed by atoms with Gasteiger partial charge in [0, 0.05) is 11.8 Å². The number of nitrogens with zero attached hydrogens (tertiary/aromatic N) is 3. The molecule has 5 aromatic rings. The van der Waals surface area contributed by atoms with Crippen molar-refractivity contribution in [1.82, 2.24) is 18.7 Å². The molecule has 28 heavy (non-hydrogen) atoms. The van der Waals surface area contributed by atoms with E-state index in [1.165, 1.54) is 6.07 Å². The summed E-state index contributed by atoms with van der Waals surface area (Å²) in [6.45, 7) is 0. The Balaban J connectivity index is 1.34. The predicted molar refractivity (Wildman–Crippen MR) is 103 cm³/mol. The van der Waals surface area contributed by atoms with Crippen LogP contribution in [0.5, 0.6) is 11.5 Å². The van der Waals surface area contributed by atoms with Gasteiger partial charge in [-0.05, 0) is 48.5 Å². The SMILES string of the molecule is Fc1ccc2[nH]c(Nc3ccc(Oc4ccc5nsnc5c4)cc3)nc2c1F. The zero-order valence-electron chi connectivity index (χ0n) is 14.1. The van der Waals surface area contributed by atoms with E-state index >= 15 is 0 Å². The molecule has 9 heteroatoms. The Morgan fingerprint density at radius 2 is 1.68 bits per heavy atom. The molecule has 0 bridgehead atoms. The molecule has 2 aromatic heterocycles. The summed E-state index contributed by atoms with van der Waals surface area (Å²) in [7, 11) is 0. The molecular weight excluding hydrogens is 384 g/mol. The molecule has 6 nitrogen and oxygen atoms in total. The molecule has 0 unspecified atom stereocenters. The molecule has 0 aliphatic rings. The number of aromatic amines is 1. The van der Waals surface area contributed by atoms with Crippen LogP contribution in [-0.4, -0.2) is 18.7 Å². The lowest BCUT2D eigenvalue weighted by molar-refractivity contribution is 0.483. The van der Waals surface area contributed by atoms with Crippen LogP contribution in [0.4, 0.5) is 20.4 Å². The van der Waals surface area contributed by atoms with Crippen molar-refractivity contribution in [2.75, 3.05) is 5.32 Å². The summed E-state index contributed by atoms with van der Waals surface area (Å²) < 4.78 is 41.3. The van der Waals surface area contributed by atoms with E-state index in [1.807, 2.05) is 18.2 Å². The largest absolute Gasteiger partial charge is 0.457 e. The number of H-pyrrole nitrogens is 1. The fourth-order valence-corrected chi connectivity index (χ4v) is 3.30. The third-order valence-electron chi connectivity index (χ3n) is 4.12. The highest BCUT2D eigenvalue weighted by atomic mass is 32.1. The number of aromatic nitrogens is 4. The Labute approximate surface area is 161 Å². The second-order valence-electron chi connectivity index (χ2n) is 6.01. The molecular formula is C19H11F2N5OS. The second kappa shape index (κ2) is 6.54. The van der Waals surface area contributed by atoms with E-state index in [0.29, 0.717) is 28.7 Å². The van der Waals surface area contributed by atoms with Crippen molar-refractivity contribution < 1.29 is 13.5 Å². The number of hydrogen-bond donors (Lipinski definition) is 2. The molecule has 3 aromatic carbocycles. The van der Waals surface area contributed by atoms with Crippen molar-refractivity contribution in [3.63, 3.8) is 0 Å². The van der Waals surface area contributed by atoms with Gasteiger partial charge in [0.05, 0.1) is 17.2 Å². The smallest absolute Gasteiger partial charge is 0.205 e. The molecule has 2 heterocycles. The zero-order valence-corrected chi connectivity index (χ0v) is 14.9. The highest BCUT2D eigenvalue weighted by Gasteiger charge is 2.12. The van der Waals surface area contributed by atoms with E-state index in [4.69, 9.17) is 4.74 Å². The Hall–Kier alpha value is -3.59. The standard InChI is InChI=1S/C19H11F2N5OS/c20-13-6-8-15-18(17(13)21)24-19(23-15)22-10-1-3-11(4-2-10)27-12-5-7-14-16(9-12)26-28-25-14/h1-9H,(H2,22,23,24). The first-order chi connectivity index (χ1) is 13.7. The Bertz CT molecular complexity index is 1300. The van der Waals surface area contributed by atoms with Gasteiger partial charge in [0.25, 0.3) is 0 Å². The van der Waals surface area contributed by atoms with Crippen molar-refractivity contribution in [2.45, 2.75) is 0 Å². The maximum absolute atomic E-state index is 13.8. The summed E-state index contributed by atoms with van der Waals surface area (Å²) in [5.74, 6) is -0.285. The Kier molecular flexibility index (Phi) is 3.87. The van der Waals surface area contributed by atoms with E-state index in [1.54, 1.807) is 24.3 Å². The average Bonchev–Trinajstić information content (AvgIpc) is 3.33. The van der Waals surface area contributed by atoms with Crippen LogP contribution >= 0.6 is 11.7 Å². The van der Waals surface area contributed by atoms with E-state index in [9.17, 15) is 8.78 Å². The molecule has 0 saturated carbocycles. The molecule has 0 fully saturated rings. The number of imidazole rings is 1. The highest BCUT2D eigenvalue weighted by Crippen LogP contribution is 2.27. The average molecular weight is 395 g/mol. The van der Waals surface area contributed by atoms with Gasteiger partial charge in [0.2, 0.25) is 5.95 Å². The lowest BCUT2D eigenvalue weighted by Crippen LogP contribution is -1.92. The molecule has 0 saturated heterocycles. The summed E-state index contributed by atoms with van der Waals surface area (Å²) in [6, 6.07) is 15.2. The van der Waals surface area contributed by atoms with E-state index in [0.717, 1.165) is 28.8 Å². The maximum atomic E-state index is 13.8. The first-order valence-electron chi connectivity index (χ1n) is 8.27. The number of anilines is 2. The number of ether oxygens (including phenoxy) is 1. The first kappa shape index (κ1) is 16.6. The van der Waals surface area contributed by atoms with Crippen LogP contribution in [0.2, 0.25) is 0 Å². The van der Waals surface area contributed by atoms with Gasteiger partial charge in [-0.3, -0.25) is 0 Å². The molecule has 2 N–H and O–H groups in total. The second-order valence-corrected chi connectivity index (χ2v) is 6.54. The molecule has 0 amide bonds. The van der Waals surface area contributed by atoms with Crippen LogP contribution in [-0.2, 0) is 0 Å². The van der Waals surface area contributed by atoms with Crippen molar-refractivity contribution in [3.05, 3.63) is 66.2 Å². The summed E-state index contributed by atoms with van der Waals surface area (Å²) in [6.07, 6.45) is 0. The van der Waals surface area contributed by atoms with E-state index in [2.05, 4.69) is 24.0 Å².